The first kappa shape index (κ1) is 16.3. The maximum absolute atomic E-state index is 12.1. The van der Waals surface area contributed by atoms with E-state index in [0.29, 0.717) is 6.54 Å². The van der Waals surface area contributed by atoms with Crippen LogP contribution in [0, 0.1) is 6.92 Å². The molecular weight excluding hydrogens is 376 g/mol. The summed E-state index contributed by atoms with van der Waals surface area (Å²) in [5.74, 6) is 0. The highest BCUT2D eigenvalue weighted by Crippen LogP contribution is 2.47. The van der Waals surface area contributed by atoms with Crippen LogP contribution in [0.25, 0.3) is 0 Å². The SMILES string of the molecule is Cc1ccc(NC(=O)NCC2(c3ccc(Cl)cc3)CC2)cc1Br. The molecule has 1 saturated carbocycles. The number of halogens is 2. The van der Waals surface area contributed by atoms with E-state index in [9.17, 15) is 4.79 Å². The number of carbonyl (C=O) groups excluding carboxylic acids is 1. The molecule has 0 spiro atoms. The van der Waals surface area contributed by atoms with Gasteiger partial charge in [0.05, 0.1) is 0 Å². The van der Waals surface area contributed by atoms with Crippen LogP contribution in [0.1, 0.15) is 24.0 Å². The van der Waals surface area contributed by atoms with Crippen LogP contribution < -0.4 is 10.6 Å². The average Bonchev–Trinajstić information content (AvgIpc) is 3.31. The summed E-state index contributed by atoms with van der Waals surface area (Å²) < 4.78 is 0.982. The monoisotopic (exact) mass is 392 g/mol. The molecule has 0 atom stereocenters. The van der Waals surface area contributed by atoms with Crippen LogP contribution in [0.4, 0.5) is 10.5 Å². The molecule has 5 heteroatoms. The van der Waals surface area contributed by atoms with Crippen molar-refractivity contribution in [2.24, 2.45) is 0 Å². The van der Waals surface area contributed by atoms with Crippen molar-refractivity contribution >= 4 is 39.2 Å². The Hall–Kier alpha value is -1.52. The van der Waals surface area contributed by atoms with Gasteiger partial charge in [0.15, 0.2) is 0 Å². The quantitative estimate of drug-likeness (QED) is 0.730. The van der Waals surface area contributed by atoms with Crippen LogP contribution in [-0.2, 0) is 5.41 Å². The zero-order valence-electron chi connectivity index (χ0n) is 12.8. The van der Waals surface area contributed by atoms with E-state index in [1.54, 1.807) is 0 Å². The Kier molecular flexibility index (Phi) is 4.64. The van der Waals surface area contributed by atoms with E-state index >= 15 is 0 Å². The fourth-order valence-electron chi connectivity index (χ4n) is 2.62. The number of hydrogen-bond acceptors (Lipinski definition) is 1. The molecule has 3 nitrogen and oxygen atoms in total. The molecule has 0 radical (unpaired) electrons. The third kappa shape index (κ3) is 3.88. The summed E-state index contributed by atoms with van der Waals surface area (Å²) in [4.78, 5) is 12.1. The molecule has 1 aliphatic carbocycles. The van der Waals surface area contributed by atoms with E-state index in [2.05, 4.69) is 26.6 Å². The van der Waals surface area contributed by atoms with Gasteiger partial charge >= 0.3 is 6.03 Å². The van der Waals surface area contributed by atoms with Gasteiger partial charge in [0.25, 0.3) is 0 Å². The Labute approximate surface area is 149 Å². The second-order valence-corrected chi connectivity index (χ2v) is 7.35. The lowest BCUT2D eigenvalue weighted by molar-refractivity contribution is 0.251. The van der Waals surface area contributed by atoms with Crippen LogP contribution in [0.5, 0.6) is 0 Å². The van der Waals surface area contributed by atoms with Gasteiger partial charge < -0.3 is 10.6 Å². The summed E-state index contributed by atoms with van der Waals surface area (Å²) in [6, 6.07) is 13.5. The Balaban J connectivity index is 1.58. The highest BCUT2D eigenvalue weighted by Gasteiger charge is 2.44. The molecule has 1 aliphatic rings. The van der Waals surface area contributed by atoms with Gasteiger partial charge in [-0.05, 0) is 55.2 Å². The summed E-state index contributed by atoms with van der Waals surface area (Å²) in [5, 5.41) is 6.59. The highest BCUT2D eigenvalue weighted by atomic mass is 79.9. The van der Waals surface area contributed by atoms with E-state index in [4.69, 9.17) is 11.6 Å². The molecule has 0 unspecified atom stereocenters. The van der Waals surface area contributed by atoms with Gasteiger partial charge in [0.2, 0.25) is 0 Å². The lowest BCUT2D eigenvalue weighted by Crippen LogP contribution is -2.35. The summed E-state index contributed by atoms with van der Waals surface area (Å²) >= 11 is 9.41. The van der Waals surface area contributed by atoms with Crippen molar-refractivity contribution in [2.45, 2.75) is 25.2 Å². The van der Waals surface area contributed by atoms with E-state index in [-0.39, 0.29) is 11.4 Å². The lowest BCUT2D eigenvalue weighted by atomic mass is 9.96. The maximum Gasteiger partial charge on any atom is 0.319 e. The Morgan fingerprint density at radius 1 is 1.22 bits per heavy atom. The van der Waals surface area contributed by atoms with Crippen molar-refractivity contribution in [2.75, 3.05) is 11.9 Å². The summed E-state index contributed by atoms with van der Waals surface area (Å²) in [7, 11) is 0. The molecule has 0 aliphatic heterocycles. The van der Waals surface area contributed by atoms with Crippen LogP contribution in [0.15, 0.2) is 46.9 Å². The maximum atomic E-state index is 12.1. The van der Waals surface area contributed by atoms with E-state index < -0.39 is 0 Å². The molecule has 2 N–H and O–H groups in total. The third-order valence-corrected chi connectivity index (χ3v) is 5.43. The number of anilines is 1. The number of rotatable bonds is 4. The average molecular weight is 394 g/mol. The molecule has 0 heterocycles. The Morgan fingerprint density at radius 2 is 1.91 bits per heavy atom. The smallest absolute Gasteiger partial charge is 0.319 e. The second kappa shape index (κ2) is 6.54. The Morgan fingerprint density at radius 3 is 2.52 bits per heavy atom. The number of benzene rings is 2. The minimum absolute atomic E-state index is 0.0653. The number of carbonyl (C=O) groups is 1. The fraction of sp³-hybridized carbons (Fsp3) is 0.278. The number of urea groups is 1. The van der Waals surface area contributed by atoms with E-state index in [1.807, 2.05) is 49.4 Å². The predicted molar refractivity (Wildman–Crippen MR) is 98.3 cm³/mol. The fourth-order valence-corrected chi connectivity index (χ4v) is 3.12. The molecule has 1 fully saturated rings. The highest BCUT2D eigenvalue weighted by molar-refractivity contribution is 9.10. The molecule has 0 bridgehead atoms. The second-order valence-electron chi connectivity index (χ2n) is 6.06. The molecule has 0 aromatic heterocycles. The van der Waals surface area contributed by atoms with Gasteiger partial charge in [-0.3, -0.25) is 0 Å². The third-order valence-electron chi connectivity index (χ3n) is 4.33. The van der Waals surface area contributed by atoms with Gasteiger partial charge in [-0.25, -0.2) is 4.79 Å². The molecule has 3 rings (SSSR count). The lowest BCUT2D eigenvalue weighted by Gasteiger charge is -2.17. The zero-order valence-corrected chi connectivity index (χ0v) is 15.2. The minimum Gasteiger partial charge on any atom is -0.337 e. The molecule has 0 saturated heterocycles. The van der Waals surface area contributed by atoms with Crippen LogP contribution in [0.2, 0.25) is 5.02 Å². The van der Waals surface area contributed by atoms with Crippen molar-refractivity contribution in [3.63, 3.8) is 0 Å². The molecule has 2 aromatic carbocycles. The van der Waals surface area contributed by atoms with Crippen molar-refractivity contribution in [3.8, 4) is 0 Å². The van der Waals surface area contributed by atoms with Crippen LogP contribution in [-0.4, -0.2) is 12.6 Å². The first-order valence-electron chi connectivity index (χ1n) is 7.56. The standard InChI is InChI=1S/C18H18BrClN2O/c1-12-2-7-15(10-16(12)19)22-17(23)21-11-18(8-9-18)13-3-5-14(20)6-4-13/h2-7,10H,8-9,11H2,1H3,(H2,21,22,23). The van der Waals surface area contributed by atoms with Gasteiger partial charge in [-0.2, -0.15) is 0 Å². The molecule has 2 amide bonds. The van der Waals surface area contributed by atoms with Crippen molar-refractivity contribution in [1.29, 1.82) is 0 Å². The summed E-state index contributed by atoms with van der Waals surface area (Å²) in [6.45, 7) is 2.64. The van der Waals surface area contributed by atoms with E-state index in [0.717, 1.165) is 33.6 Å². The number of nitrogens with one attached hydrogen (secondary N) is 2. The van der Waals surface area contributed by atoms with Crippen molar-refractivity contribution < 1.29 is 4.79 Å². The summed E-state index contributed by atoms with van der Waals surface area (Å²) in [5.41, 5.74) is 3.21. The zero-order chi connectivity index (χ0) is 16.4. The Bertz CT molecular complexity index is 726. The van der Waals surface area contributed by atoms with E-state index in [1.165, 1.54) is 5.56 Å². The van der Waals surface area contributed by atoms with Crippen molar-refractivity contribution in [1.82, 2.24) is 5.32 Å². The minimum atomic E-state index is -0.180. The van der Waals surface area contributed by atoms with Gasteiger partial charge in [0, 0.05) is 27.1 Å². The molecule has 120 valence electrons. The van der Waals surface area contributed by atoms with Gasteiger partial charge in [0.1, 0.15) is 0 Å². The van der Waals surface area contributed by atoms with Gasteiger partial charge in [-0.1, -0.05) is 45.7 Å². The van der Waals surface area contributed by atoms with Crippen LogP contribution in [0.3, 0.4) is 0 Å². The van der Waals surface area contributed by atoms with Crippen LogP contribution >= 0.6 is 27.5 Å². The largest absolute Gasteiger partial charge is 0.337 e. The predicted octanol–water partition coefficient (Wildman–Crippen LogP) is 5.26. The van der Waals surface area contributed by atoms with Gasteiger partial charge in [-0.15, -0.1) is 0 Å². The van der Waals surface area contributed by atoms with Crippen molar-refractivity contribution in [3.05, 3.63) is 63.1 Å². The molecular formula is C18H18BrClN2O. The number of hydrogen-bond donors (Lipinski definition) is 2. The molecule has 23 heavy (non-hydrogen) atoms. The molecule has 2 aromatic rings. The number of amides is 2. The summed E-state index contributed by atoms with van der Waals surface area (Å²) in [6.07, 6.45) is 2.18. The first-order valence-corrected chi connectivity index (χ1v) is 8.73. The first-order chi connectivity index (χ1) is 11.0. The topological polar surface area (TPSA) is 41.1 Å². The number of aryl methyl sites for hydroxylation is 1. The normalized spacial score (nSPS) is 15.1.